The van der Waals surface area contributed by atoms with Crippen molar-refractivity contribution in [3.63, 3.8) is 0 Å². The first-order valence-electron chi connectivity index (χ1n) is 6.52. The standard InChI is InChI=1S/C14H19ClN2/c15-13-6-2-1-4-11(13)8-17-9-12-5-3-7-16-14(12)10-17/h1-2,4,6,12,14,16H,3,5,7-10H2. The van der Waals surface area contributed by atoms with Crippen molar-refractivity contribution in [2.24, 2.45) is 5.92 Å². The van der Waals surface area contributed by atoms with Crippen molar-refractivity contribution in [2.45, 2.75) is 25.4 Å². The van der Waals surface area contributed by atoms with Crippen LogP contribution in [0.1, 0.15) is 18.4 Å². The molecule has 0 radical (unpaired) electrons. The highest BCUT2D eigenvalue weighted by atomic mass is 35.5. The molecule has 2 fully saturated rings. The minimum atomic E-state index is 0.714. The van der Waals surface area contributed by atoms with Gasteiger partial charge >= 0.3 is 0 Å². The highest BCUT2D eigenvalue weighted by molar-refractivity contribution is 6.31. The summed E-state index contributed by atoms with van der Waals surface area (Å²) in [6.07, 6.45) is 2.72. The zero-order chi connectivity index (χ0) is 11.7. The first kappa shape index (κ1) is 11.5. The molecule has 0 spiro atoms. The Morgan fingerprint density at radius 2 is 2.18 bits per heavy atom. The fraction of sp³-hybridized carbons (Fsp3) is 0.571. The third-order valence-electron chi connectivity index (χ3n) is 4.03. The van der Waals surface area contributed by atoms with Gasteiger partial charge in [0, 0.05) is 30.7 Å². The molecule has 1 aromatic rings. The zero-order valence-electron chi connectivity index (χ0n) is 10.0. The molecular weight excluding hydrogens is 232 g/mol. The van der Waals surface area contributed by atoms with Crippen LogP contribution in [0.5, 0.6) is 0 Å². The number of nitrogens with one attached hydrogen (secondary N) is 1. The molecule has 2 saturated heterocycles. The zero-order valence-corrected chi connectivity index (χ0v) is 10.8. The Balaban J connectivity index is 1.65. The summed E-state index contributed by atoms with van der Waals surface area (Å²) in [6, 6.07) is 8.90. The van der Waals surface area contributed by atoms with Crippen LogP contribution in [0.3, 0.4) is 0 Å². The van der Waals surface area contributed by atoms with Gasteiger partial charge in [0.05, 0.1) is 0 Å². The van der Waals surface area contributed by atoms with Gasteiger partial charge in [-0.1, -0.05) is 29.8 Å². The van der Waals surface area contributed by atoms with Crippen molar-refractivity contribution < 1.29 is 0 Å². The molecule has 3 rings (SSSR count). The summed E-state index contributed by atoms with van der Waals surface area (Å²) in [7, 11) is 0. The molecular formula is C14H19ClN2. The fourth-order valence-electron chi connectivity index (χ4n) is 3.13. The Labute approximate surface area is 108 Å². The van der Waals surface area contributed by atoms with E-state index in [1.165, 1.54) is 38.0 Å². The minimum Gasteiger partial charge on any atom is -0.312 e. The number of rotatable bonds is 2. The van der Waals surface area contributed by atoms with Gasteiger partial charge < -0.3 is 5.32 Å². The van der Waals surface area contributed by atoms with Crippen LogP contribution < -0.4 is 5.32 Å². The van der Waals surface area contributed by atoms with E-state index >= 15 is 0 Å². The summed E-state index contributed by atoms with van der Waals surface area (Å²) >= 11 is 6.21. The first-order valence-corrected chi connectivity index (χ1v) is 6.90. The van der Waals surface area contributed by atoms with Crippen LogP contribution in [0.2, 0.25) is 5.02 Å². The van der Waals surface area contributed by atoms with Crippen LogP contribution in [-0.4, -0.2) is 30.6 Å². The molecule has 3 heteroatoms. The minimum absolute atomic E-state index is 0.714. The summed E-state index contributed by atoms with van der Waals surface area (Å²) < 4.78 is 0. The van der Waals surface area contributed by atoms with E-state index in [4.69, 9.17) is 11.6 Å². The Morgan fingerprint density at radius 3 is 3.00 bits per heavy atom. The summed E-state index contributed by atoms with van der Waals surface area (Å²) in [5, 5.41) is 4.54. The SMILES string of the molecule is Clc1ccccc1CN1CC2CCCNC2C1. The van der Waals surface area contributed by atoms with Gasteiger partial charge in [-0.2, -0.15) is 0 Å². The largest absolute Gasteiger partial charge is 0.312 e. The van der Waals surface area contributed by atoms with Crippen LogP contribution in [-0.2, 0) is 6.54 Å². The van der Waals surface area contributed by atoms with Crippen molar-refractivity contribution >= 4 is 11.6 Å². The van der Waals surface area contributed by atoms with Gasteiger partial charge in [0.2, 0.25) is 0 Å². The Morgan fingerprint density at radius 1 is 1.29 bits per heavy atom. The van der Waals surface area contributed by atoms with Crippen molar-refractivity contribution in [1.82, 2.24) is 10.2 Å². The average Bonchev–Trinajstić information content (AvgIpc) is 2.74. The Hall–Kier alpha value is -0.570. The molecule has 0 bridgehead atoms. The molecule has 2 atom stereocenters. The molecule has 0 aliphatic carbocycles. The number of piperidine rings is 1. The van der Waals surface area contributed by atoms with Crippen molar-refractivity contribution in [3.05, 3.63) is 34.9 Å². The van der Waals surface area contributed by atoms with Crippen LogP contribution >= 0.6 is 11.6 Å². The van der Waals surface area contributed by atoms with E-state index in [0.29, 0.717) is 6.04 Å². The van der Waals surface area contributed by atoms with E-state index in [2.05, 4.69) is 22.3 Å². The number of halogens is 1. The molecule has 2 nitrogen and oxygen atoms in total. The fourth-order valence-corrected chi connectivity index (χ4v) is 3.33. The second-order valence-corrected chi connectivity index (χ2v) is 5.66. The predicted molar refractivity (Wildman–Crippen MR) is 71.2 cm³/mol. The number of likely N-dealkylation sites (tertiary alicyclic amines) is 1. The summed E-state index contributed by atoms with van der Waals surface area (Å²) in [6.45, 7) is 4.59. The van der Waals surface area contributed by atoms with Gasteiger partial charge in [-0.3, -0.25) is 4.90 Å². The molecule has 92 valence electrons. The predicted octanol–water partition coefficient (Wildman–Crippen LogP) is 2.52. The van der Waals surface area contributed by atoms with Gasteiger partial charge in [-0.05, 0) is 36.9 Å². The molecule has 0 amide bonds. The number of benzene rings is 1. The normalized spacial score (nSPS) is 29.2. The molecule has 0 aromatic heterocycles. The first-order chi connectivity index (χ1) is 8.33. The molecule has 2 aliphatic heterocycles. The van der Waals surface area contributed by atoms with Crippen molar-refractivity contribution in [3.8, 4) is 0 Å². The van der Waals surface area contributed by atoms with Crippen LogP contribution in [0.25, 0.3) is 0 Å². The number of hydrogen-bond donors (Lipinski definition) is 1. The molecule has 1 N–H and O–H groups in total. The lowest BCUT2D eigenvalue weighted by Crippen LogP contribution is -2.40. The second-order valence-electron chi connectivity index (χ2n) is 5.25. The van der Waals surface area contributed by atoms with Gasteiger partial charge in [0.1, 0.15) is 0 Å². The van der Waals surface area contributed by atoms with E-state index < -0.39 is 0 Å². The molecule has 2 unspecified atom stereocenters. The lowest BCUT2D eigenvalue weighted by molar-refractivity contribution is 0.313. The molecule has 0 saturated carbocycles. The van der Waals surface area contributed by atoms with E-state index in [1.54, 1.807) is 0 Å². The average molecular weight is 251 g/mol. The van der Waals surface area contributed by atoms with Crippen LogP contribution in [0.4, 0.5) is 0 Å². The van der Waals surface area contributed by atoms with Gasteiger partial charge in [-0.15, -0.1) is 0 Å². The van der Waals surface area contributed by atoms with E-state index in [-0.39, 0.29) is 0 Å². The molecule has 2 heterocycles. The lowest BCUT2D eigenvalue weighted by atomic mass is 9.94. The van der Waals surface area contributed by atoms with Crippen LogP contribution in [0, 0.1) is 5.92 Å². The maximum Gasteiger partial charge on any atom is 0.0451 e. The number of hydrogen-bond acceptors (Lipinski definition) is 2. The lowest BCUT2D eigenvalue weighted by Gasteiger charge is -2.24. The third-order valence-corrected chi connectivity index (χ3v) is 4.40. The number of fused-ring (bicyclic) bond motifs is 1. The van der Waals surface area contributed by atoms with E-state index in [9.17, 15) is 0 Å². The van der Waals surface area contributed by atoms with Gasteiger partial charge in [-0.25, -0.2) is 0 Å². The van der Waals surface area contributed by atoms with Crippen molar-refractivity contribution in [2.75, 3.05) is 19.6 Å². The maximum atomic E-state index is 6.21. The van der Waals surface area contributed by atoms with Crippen molar-refractivity contribution in [1.29, 1.82) is 0 Å². The Kier molecular flexibility index (Phi) is 3.37. The summed E-state index contributed by atoms with van der Waals surface area (Å²) in [4.78, 5) is 2.54. The highest BCUT2D eigenvalue weighted by Crippen LogP contribution is 2.27. The second kappa shape index (κ2) is 4.97. The topological polar surface area (TPSA) is 15.3 Å². The van der Waals surface area contributed by atoms with Crippen LogP contribution in [0.15, 0.2) is 24.3 Å². The molecule has 2 aliphatic rings. The summed E-state index contributed by atoms with van der Waals surface area (Å²) in [5.41, 5.74) is 1.26. The van der Waals surface area contributed by atoms with E-state index in [0.717, 1.165) is 17.5 Å². The molecule has 1 aromatic carbocycles. The third kappa shape index (κ3) is 2.49. The quantitative estimate of drug-likeness (QED) is 0.868. The highest BCUT2D eigenvalue weighted by Gasteiger charge is 2.33. The monoisotopic (exact) mass is 250 g/mol. The maximum absolute atomic E-state index is 6.21. The number of nitrogens with zero attached hydrogens (tertiary/aromatic N) is 1. The Bertz CT molecular complexity index is 380. The van der Waals surface area contributed by atoms with E-state index in [1.807, 2.05) is 12.1 Å². The van der Waals surface area contributed by atoms with Gasteiger partial charge in [0.15, 0.2) is 0 Å². The summed E-state index contributed by atoms with van der Waals surface area (Å²) in [5.74, 6) is 0.853. The van der Waals surface area contributed by atoms with Gasteiger partial charge in [0.25, 0.3) is 0 Å². The molecule has 17 heavy (non-hydrogen) atoms. The smallest absolute Gasteiger partial charge is 0.0451 e.